The van der Waals surface area contributed by atoms with Gasteiger partial charge in [0.15, 0.2) is 0 Å². The van der Waals surface area contributed by atoms with Gasteiger partial charge in [-0.1, -0.05) is 18.2 Å². The van der Waals surface area contributed by atoms with Crippen LogP contribution in [0.5, 0.6) is 0 Å². The first-order valence-electron chi connectivity index (χ1n) is 5.06. The predicted octanol–water partition coefficient (Wildman–Crippen LogP) is 1.73. The molecule has 0 aromatic heterocycles. The highest BCUT2D eigenvalue weighted by molar-refractivity contribution is 5.46. The summed E-state index contributed by atoms with van der Waals surface area (Å²) in [6.07, 6.45) is 0. The van der Waals surface area contributed by atoms with Crippen molar-refractivity contribution in [3.63, 3.8) is 0 Å². The van der Waals surface area contributed by atoms with Crippen LogP contribution < -0.4 is 10.2 Å². The van der Waals surface area contributed by atoms with E-state index in [1.54, 1.807) is 4.90 Å². The fourth-order valence-electron chi connectivity index (χ4n) is 1.76. The van der Waals surface area contributed by atoms with E-state index in [4.69, 9.17) is 0 Å². The third-order valence-electron chi connectivity index (χ3n) is 2.49. The molecule has 2 rings (SSSR count). The molecule has 1 aliphatic heterocycles. The molecule has 0 amide bonds. The molecule has 1 heterocycles. The van der Waals surface area contributed by atoms with E-state index >= 15 is 0 Å². The van der Waals surface area contributed by atoms with Crippen molar-refractivity contribution in [2.75, 3.05) is 31.1 Å². The van der Waals surface area contributed by atoms with Crippen molar-refractivity contribution >= 4 is 5.69 Å². The average Bonchev–Trinajstić information content (AvgIpc) is 2.41. The number of benzene rings is 1. The van der Waals surface area contributed by atoms with Gasteiger partial charge in [0.25, 0.3) is 5.92 Å². The van der Waals surface area contributed by atoms with Gasteiger partial charge in [0.2, 0.25) is 0 Å². The third-order valence-corrected chi connectivity index (χ3v) is 2.49. The first-order valence-corrected chi connectivity index (χ1v) is 5.06. The Labute approximate surface area is 87.9 Å². The molecule has 0 aliphatic carbocycles. The van der Waals surface area contributed by atoms with E-state index in [9.17, 15) is 8.78 Å². The number of nitrogens with zero attached hydrogens (tertiary/aromatic N) is 1. The van der Waals surface area contributed by atoms with Crippen molar-refractivity contribution < 1.29 is 8.78 Å². The zero-order valence-electron chi connectivity index (χ0n) is 8.42. The molecule has 0 spiro atoms. The summed E-state index contributed by atoms with van der Waals surface area (Å²) in [6.45, 7) is 0.796. The highest BCUT2D eigenvalue weighted by atomic mass is 19.3. The molecule has 2 nitrogen and oxygen atoms in total. The maximum atomic E-state index is 13.3. The van der Waals surface area contributed by atoms with Gasteiger partial charge in [0.05, 0.1) is 13.1 Å². The van der Waals surface area contributed by atoms with Crippen molar-refractivity contribution in [3.8, 4) is 0 Å². The van der Waals surface area contributed by atoms with Gasteiger partial charge in [-0.05, 0) is 12.1 Å². The Morgan fingerprint density at radius 2 is 1.93 bits per heavy atom. The summed E-state index contributed by atoms with van der Waals surface area (Å²) in [5.74, 6) is -2.65. The topological polar surface area (TPSA) is 15.3 Å². The quantitative estimate of drug-likeness (QED) is 0.762. The molecule has 82 valence electrons. The molecular weight excluding hydrogens is 198 g/mol. The summed E-state index contributed by atoms with van der Waals surface area (Å²) in [7, 11) is 0. The SMILES string of the molecule is FC1(F)CNCCN(c2ccccc2)C1. The molecule has 1 N–H and O–H groups in total. The zero-order valence-corrected chi connectivity index (χ0v) is 8.42. The van der Waals surface area contributed by atoms with Crippen LogP contribution in [0, 0.1) is 0 Å². The van der Waals surface area contributed by atoms with Gasteiger partial charge >= 0.3 is 0 Å². The first-order chi connectivity index (χ1) is 7.17. The van der Waals surface area contributed by atoms with Crippen LogP contribution >= 0.6 is 0 Å². The smallest absolute Gasteiger partial charge is 0.277 e. The number of para-hydroxylation sites is 1. The van der Waals surface area contributed by atoms with E-state index in [0.29, 0.717) is 13.1 Å². The first kappa shape index (κ1) is 10.4. The lowest BCUT2D eigenvalue weighted by Gasteiger charge is -2.25. The fraction of sp³-hybridized carbons (Fsp3) is 0.455. The van der Waals surface area contributed by atoms with Crippen molar-refractivity contribution in [1.82, 2.24) is 5.32 Å². The molecule has 0 atom stereocenters. The maximum absolute atomic E-state index is 13.3. The Bertz CT molecular complexity index is 314. The van der Waals surface area contributed by atoms with Crippen LogP contribution in [-0.2, 0) is 0 Å². The summed E-state index contributed by atoms with van der Waals surface area (Å²) in [6, 6.07) is 9.35. The maximum Gasteiger partial charge on any atom is 0.277 e. The molecule has 1 saturated heterocycles. The minimum absolute atomic E-state index is 0.204. The number of anilines is 1. The second-order valence-corrected chi connectivity index (χ2v) is 3.79. The average molecular weight is 212 g/mol. The minimum atomic E-state index is -2.65. The number of halogens is 2. The van der Waals surface area contributed by atoms with E-state index < -0.39 is 5.92 Å². The monoisotopic (exact) mass is 212 g/mol. The molecule has 0 radical (unpaired) electrons. The molecule has 15 heavy (non-hydrogen) atoms. The fourth-order valence-corrected chi connectivity index (χ4v) is 1.76. The van der Waals surface area contributed by atoms with Crippen LogP contribution in [0.3, 0.4) is 0 Å². The zero-order chi connectivity index (χ0) is 10.7. The standard InChI is InChI=1S/C11H14F2N2/c12-11(13)8-14-6-7-15(9-11)10-4-2-1-3-5-10/h1-5,14H,6-9H2. The Morgan fingerprint density at radius 3 is 2.67 bits per heavy atom. The van der Waals surface area contributed by atoms with Crippen molar-refractivity contribution in [2.45, 2.75) is 5.92 Å². The predicted molar refractivity (Wildman–Crippen MR) is 56.5 cm³/mol. The molecule has 0 saturated carbocycles. The largest absolute Gasteiger partial charge is 0.364 e. The van der Waals surface area contributed by atoms with Gasteiger partial charge in [0, 0.05) is 18.8 Å². The van der Waals surface area contributed by atoms with E-state index in [1.807, 2.05) is 30.3 Å². The molecule has 0 unspecified atom stereocenters. The summed E-state index contributed by atoms with van der Waals surface area (Å²) < 4.78 is 26.6. The lowest BCUT2D eigenvalue weighted by atomic mass is 10.2. The molecule has 4 heteroatoms. The second-order valence-electron chi connectivity index (χ2n) is 3.79. The van der Waals surface area contributed by atoms with E-state index in [1.165, 1.54) is 0 Å². The Hall–Kier alpha value is -1.16. The van der Waals surface area contributed by atoms with Gasteiger partial charge in [-0.25, -0.2) is 8.78 Å². The molecule has 1 aliphatic rings. The normalized spacial score (nSPS) is 21.1. The second kappa shape index (κ2) is 4.14. The van der Waals surface area contributed by atoms with Gasteiger partial charge in [-0.3, -0.25) is 0 Å². The summed E-state index contributed by atoms with van der Waals surface area (Å²) in [5, 5.41) is 2.75. The third kappa shape index (κ3) is 2.65. The van der Waals surface area contributed by atoms with Crippen molar-refractivity contribution in [2.24, 2.45) is 0 Å². The van der Waals surface area contributed by atoms with Crippen molar-refractivity contribution in [3.05, 3.63) is 30.3 Å². The van der Waals surface area contributed by atoms with Gasteiger partial charge < -0.3 is 10.2 Å². The van der Waals surface area contributed by atoms with E-state index in [-0.39, 0.29) is 13.1 Å². The highest BCUT2D eigenvalue weighted by Crippen LogP contribution is 2.21. The minimum Gasteiger partial charge on any atom is -0.364 e. The van der Waals surface area contributed by atoms with Crippen molar-refractivity contribution in [1.29, 1.82) is 0 Å². The number of hydrogen-bond acceptors (Lipinski definition) is 2. The summed E-state index contributed by atoms with van der Waals surface area (Å²) in [5.41, 5.74) is 0.862. The number of rotatable bonds is 1. The van der Waals surface area contributed by atoms with Crippen LogP contribution in [0.25, 0.3) is 0 Å². The molecule has 1 fully saturated rings. The van der Waals surface area contributed by atoms with Crippen LogP contribution in [-0.4, -0.2) is 32.1 Å². The van der Waals surface area contributed by atoms with E-state index in [0.717, 1.165) is 5.69 Å². The lowest BCUT2D eigenvalue weighted by molar-refractivity contribution is 0.0157. The van der Waals surface area contributed by atoms with Gasteiger partial charge in [0.1, 0.15) is 0 Å². The number of hydrogen-bond donors (Lipinski definition) is 1. The van der Waals surface area contributed by atoms with Gasteiger partial charge in [-0.2, -0.15) is 0 Å². The molecular formula is C11H14F2N2. The summed E-state index contributed by atoms with van der Waals surface area (Å²) >= 11 is 0. The highest BCUT2D eigenvalue weighted by Gasteiger charge is 2.33. The Kier molecular flexibility index (Phi) is 2.86. The number of nitrogens with one attached hydrogen (secondary N) is 1. The summed E-state index contributed by atoms with van der Waals surface area (Å²) in [4.78, 5) is 1.72. The lowest BCUT2D eigenvalue weighted by Crippen LogP contribution is -2.38. The van der Waals surface area contributed by atoms with Gasteiger partial charge in [-0.15, -0.1) is 0 Å². The van der Waals surface area contributed by atoms with Crippen LogP contribution in [0.15, 0.2) is 30.3 Å². The van der Waals surface area contributed by atoms with Crippen LogP contribution in [0.2, 0.25) is 0 Å². The molecule has 1 aromatic carbocycles. The number of alkyl halides is 2. The van der Waals surface area contributed by atoms with Crippen LogP contribution in [0.4, 0.5) is 14.5 Å². The Morgan fingerprint density at radius 1 is 1.20 bits per heavy atom. The van der Waals surface area contributed by atoms with Crippen LogP contribution in [0.1, 0.15) is 0 Å². The molecule has 1 aromatic rings. The Balaban J connectivity index is 2.15. The van der Waals surface area contributed by atoms with E-state index in [2.05, 4.69) is 5.32 Å². The molecule has 0 bridgehead atoms.